The lowest BCUT2D eigenvalue weighted by molar-refractivity contribution is 0.0693. The first kappa shape index (κ1) is 20.6. The van der Waals surface area contributed by atoms with Crippen molar-refractivity contribution in [2.24, 2.45) is 16.1 Å². The van der Waals surface area contributed by atoms with Crippen LogP contribution in [-0.4, -0.2) is 30.7 Å². The number of pyridine rings is 1. The molecule has 1 saturated carbocycles. The molecule has 4 aromatic rings. The largest absolute Gasteiger partial charge is 0.507 e. The van der Waals surface area contributed by atoms with Gasteiger partial charge in [-0.3, -0.25) is 4.98 Å². The van der Waals surface area contributed by atoms with E-state index in [-0.39, 0.29) is 23.0 Å². The maximum absolute atomic E-state index is 11.3. The SMILES string of the molecule is N#CCC1CCC(n2c(N=Nc3ccc(O)c(C(=O)O)c3)nc3cnc4ccoc4c32)CC1. The highest BCUT2D eigenvalue weighted by Crippen LogP contribution is 2.40. The van der Waals surface area contributed by atoms with Crippen molar-refractivity contribution in [3.8, 4) is 11.8 Å². The number of fused-ring (bicyclic) bond motifs is 3. The summed E-state index contributed by atoms with van der Waals surface area (Å²) in [5.74, 6) is -0.835. The van der Waals surface area contributed by atoms with Crippen molar-refractivity contribution in [3.63, 3.8) is 0 Å². The molecule has 1 aliphatic rings. The average molecular weight is 444 g/mol. The van der Waals surface area contributed by atoms with E-state index in [4.69, 9.17) is 9.68 Å². The zero-order chi connectivity index (χ0) is 22.9. The molecule has 3 heterocycles. The van der Waals surface area contributed by atoms with E-state index < -0.39 is 5.97 Å². The molecule has 0 bridgehead atoms. The van der Waals surface area contributed by atoms with Gasteiger partial charge in [-0.05, 0) is 49.8 Å². The number of carboxylic acid groups (broad SMARTS) is 1. The van der Waals surface area contributed by atoms with E-state index in [0.29, 0.717) is 29.4 Å². The number of carboxylic acids is 1. The van der Waals surface area contributed by atoms with Gasteiger partial charge in [-0.25, -0.2) is 9.78 Å². The summed E-state index contributed by atoms with van der Waals surface area (Å²) in [6.07, 6.45) is 7.42. The quantitative estimate of drug-likeness (QED) is 0.378. The smallest absolute Gasteiger partial charge is 0.339 e. The van der Waals surface area contributed by atoms with Gasteiger partial charge in [0.2, 0.25) is 0 Å². The number of rotatable bonds is 5. The van der Waals surface area contributed by atoms with E-state index in [9.17, 15) is 15.0 Å². The number of imidazole rings is 1. The molecule has 5 rings (SSSR count). The Morgan fingerprint density at radius 2 is 2.03 bits per heavy atom. The predicted molar refractivity (Wildman–Crippen MR) is 118 cm³/mol. The summed E-state index contributed by atoms with van der Waals surface area (Å²) >= 11 is 0. The number of nitrogens with zero attached hydrogens (tertiary/aromatic N) is 6. The Kier molecular flexibility index (Phi) is 5.22. The molecule has 10 heteroatoms. The fourth-order valence-corrected chi connectivity index (χ4v) is 4.48. The van der Waals surface area contributed by atoms with Crippen molar-refractivity contribution in [3.05, 3.63) is 42.3 Å². The van der Waals surface area contributed by atoms with Gasteiger partial charge in [-0.2, -0.15) is 5.26 Å². The number of nitriles is 1. The van der Waals surface area contributed by atoms with Gasteiger partial charge in [0.15, 0.2) is 5.58 Å². The van der Waals surface area contributed by atoms with E-state index in [2.05, 4.69) is 26.3 Å². The topological polar surface area (TPSA) is 150 Å². The maximum Gasteiger partial charge on any atom is 0.339 e. The molecule has 2 N–H and O–H groups in total. The summed E-state index contributed by atoms with van der Waals surface area (Å²) in [5, 5.41) is 36.5. The molecule has 0 unspecified atom stereocenters. The summed E-state index contributed by atoms with van der Waals surface area (Å²) in [7, 11) is 0. The lowest BCUT2D eigenvalue weighted by Crippen LogP contribution is -2.18. The minimum atomic E-state index is -1.25. The third-order valence-corrected chi connectivity index (χ3v) is 6.13. The van der Waals surface area contributed by atoms with Gasteiger partial charge in [-0.1, -0.05) is 0 Å². The molecule has 1 fully saturated rings. The Morgan fingerprint density at radius 1 is 1.21 bits per heavy atom. The van der Waals surface area contributed by atoms with Crippen LogP contribution in [0.25, 0.3) is 22.1 Å². The lowest BCUT2D eigenvalue weighted by Gasteiger charge is -2.28. The highest BCUT2D eigenvalue weighted by molar-refractivity contribution is 5.99. The molecule has 0 radical (unpaired) electrons. The van der Waals surface area contributed by atoms with Gasteiger partial charge in [-0.15, -0.1) is 10.2 Å². The minimum Gasteiger partial charge on any atom is -0.507 e. The summed E-state index contributed by atoms with van der Waals surface area (Å²) in [5.41, 5.74) is 2.79. The van der Waals surface area contributed by atoms with E-state index in [1.54, 1.807) is 18.5 Å². The molecule has 0 atom stereocenters. The fourth-order valence-electron chi connectivity index (χ4n) is 4.48. The van der Waals surface area contributed by atoms with Gasteiger partial charge >= 0.3 is 5.97 Å². The van der Waals surface area contributed by atoms with Crippen molar-refractivity contribution in [1.29, 1.82) is 5.26 Å². The zero-order valence-electron chi connectivity index (χ0n) is 17.5. The third-order valence-electron chi connectivity index (χ3n) is 6.13. The van der Waals surface area contributed by atoms with E-state index >= 15 is 0 Å². The average Bonchev–Trinajstić information content (AvgIpc) is 3.43. The number of aromatic carboxylic acids is 1. The minimum absolute atomic E-state index is 0.101. The predicted octanol–water partition coefficient (Wildman–Crippen LogP) is 5.64. The van der Waals surface area contributed by atoms with Crippen molar-refractivity contribution in [2.75, 3.05) is 0 Å². The number of hydrogen-bond donors (Lipinski definition) is 2. The van der Waals surface area contributed by atoms with Crippen molar-refractivity contribution in [1.82, 2.24) is 14.5 Å². The first-order chi connectivity index (χ1) is 16.0. The monoisotopic (exact) mass is 444 g/mol. The second-order valence-electron chi connectivity index (χ2n) is 8.15. The molecule has 10 nitrogen and oxygen atoms in total. The summed E-state index contributed by atoms with van der Waals surface area (Å²) in [6.45, 7) is 0. The molecule has 0 saturated heterocycles. The summed E-state index contributed by atoms with van der Waals surface area (Å²) in [4.78, 5) is 20.3. The fraction of sp³-hybridized carbons (Fsp3) is 0.304. The molecule has 33 heavy (non-hydrogen) atoms. The van der Waals surface area contributed by atoms with E-state index in [1.807, 2.05) is 4.57 Å². The normalized spacial score (nSPS) is 18.8. The van der Waals surface area contributed by atoms with Crippen LogP contribution in [0.5, 0.6) is 5.75 Å². The first-order valence-corrected chi connectivity index (χ1v) is 10.6. The number of phenols is 1. The lowest BCUT2D eigenvalue weighted by atomic mass is 9.84. The molecule has 0 amide bonds. The highest BCUT2D eigenvalue weighted by atomic mass is 16.4. The van der Waals surface area contributed by atoms with Crippen LogP contribution < -0.4 is 0 Å². The first-order valence-electron chi connectivity index (χ1n) is 10.6. The molecule has 1 aliphatic carbocycles. The number of hydrogen-bond acceptors (Lipinski definition) is 8. The number of carbonyl (C=O) groups is 1. The van der Waals surface area contributed by atoms with E-state index in [1.165, 1.54) is 18.2 Å². The van der Waals surface area contributed by atoms with E-state index in [0.717, 1.165) is 36.7 Å². The molecule has 3 aromatic heterocycles. The Hall–Kier alpha value is -4.26. The van der Waals surface area contributed by atoms with Crippen LogP contribution >= 0.6 is 0 Å². The molecule has 0 aliphatic heterocycles. The molecular weight excluding hydrogens is 424 g/mol. The molecule has 1 aromatic carbocycles. The van der Waals surface area contributed by atoms with Crippen molar-refractivity contribution < 1.29 is 19.4 Å². The molecule has 0 spiro atoms. The van der Waals surface area contributed by atoms with Crippen LogP contribution in [0.15, 0.2) is 51.4 Å². The van der Waals surface area contributed by atoms with Crippen LogP contribution in [0.3, 0.4) is 0 Å². The Balaban J connectivity index is 1.58. The van der Waals surface area contributed by atoms with Crippen LogP contribution in [0, 0.1) is 17.2 Å². The second kappa shape index (κ2) is 8.35. The van der Waals surface area contributed by atoms with Crippen LogP contribution in [0.2, 0.25) is 0 Å². The number of benzene rings is 1. The third kappa shape index (κ3) is 3.78. The van der Waals surface area contributed by atoms with Gasteiger partial charge in [0.1, 0.15) is 27.9 Å². The number of furan rings is 1. The number of aromatic nitrogens is 3. The number of aromatic hydroxyl groups is 1. The Bertz CT molecular complexity index is 1420. The maximum atomic E-state index is 11.3. The van der Waals surface area contributed by atoms with Gasteiger partial charge in [0.25, 0.3) is 5.95 Å². The Morgan fingerprint density at radius 3 is 2.79 bits per heavy atom. The molecular formula is C23H20N6O4. The van der Waals surface area contributed by atoms with Crippen LogP contribution in [0.1, 0.15) is 48.5 Å². The van der Waals surface area contributed by atoms with Gasteiger partial charge in [0, 0.05) is 18.5 Å². The highest BCUT2D eigenvalue weighted by Gasteiger charge is 2.27. The van der Waals surface area contributed by atoms with Crippen molar-refractivity contribution in [2.45, 2.75) is 38.1 Å². The summed E-state index contributed by atoms with van der Waals surface area (Å²) < 4.78 is 7.74. The van der Waals surface area contributed by atoms with Gasteiger partial charge < -0.3 is 19.2 Å². The zero-order valence-corrected chi connectivity index (χ0v) is 17.5. The van der Waals surface area contributed by atoms with Crippen molar-refractivity contribution >= 4 is 39.7 Å². The van der Waals surface area contributed by atoms with Crippen LogP contribution in [-0.2, 0) is 0 Å². The standard InChI is InChI=1S/C23H20N6O4/c24-9-7-13-1-4-15(5-2-13)29-20-18(12-25-17-8-10-33-21(17)20)26-23(29)28-27-14-3-6-19(30)16(11-14)22(31)32/h3,6,8,10-13,15,30H,1-2,4-5,7H2,(H,31,32). The van der Waals surface area contributed by atoms with Crippen LogP contribution in [0.4, 0.5) is 11.6 Å². The Labute approximate surface area is 187 Å². The molecule has 166 valence electrons. The summed E-state index contributed by atoms with van der Waals surface area (Å²) in [6, 6.07) is 8.17. The number of azo groups is 1. The second-order valence-corrected chi connectivity index (χ2v) is 8.15. The van der Waals surface area contributed by atoms with Gasteiger partial charge in [0.05, 0.1) is 24.2 Å².